The van der Waals surface area contributed by atoms with E-state index in [9.17, 15) is 19.5 Å². The Balaban J connectivity index is 2.86. The van der Waals surface area contributed by atoms with E-state index in [2.05, 4.69) is 0 Å². The normalized spacial score (nSPS) is 11.8. The van der Waals surface area contributed by atoms with Gasteiger partial charge in [-0.2, -0.15) is 0 Å². The van der Waals surface area contributed by atoms with E-state index < -0.39 is 24.0 Å². The van der Waals surface area contributed by atoms with Crippen LogP contribution < -0.4 is 11.1 Å². The summed E-state index contributed by atoms with van der Waals surface area (Å²) in [4.78, 5) is 34.2. The van der Waals surface area contributed by atoms with Gasteiger partial charge in [0.25, 0.3) is 5.91 Å². The van der Waals surface area contributed by atoms with Crippen molar-refractivity contribution in [2.75, 3.05) is 0 Å². The number of benzene rings is 1. The van der Waals surface area contributed by atoms with E-state index >= 15 is 0 Å². The molecule has 1 aromatic carbocycles. The van der Waals surface area contributed by atoms with Crippen LogP contribution in [-0.4, -0.2) is 29.1 Å². The predicted molar refractivity (Wildman–Crippen MR) is 69.9 cm³/mol. The number of imide groups is 1. The number of phenolic OH excluding ortho intramolecular Hbond substituents is 1. The lowest BCUT2D eigenvalue weighted by Crippen LogP contribution is -2.45. The largest absolute Gasteiger partial charge is 0.507 e. The van der Waals surface area contributed by atoms with Gasteiger partial charge in [0.1, 0.15) is 11.3 Å². The minimum atomic E-state index is -1.19. The number of carbonyl (C=O) groups excluding carboxylic acids is 3. The van der Waals surface area contributed by atoms with Crippen LogP contribution in [-0.2, 0) is 9.53 Å². The summed E-state index contributed by atoms with van der Waals surface area (Å²) in [5.74, 6) is -2.29. The van der Waals surface area contributed by atoms with Crippen molar-refractivity contribution in [3.63, 3.8) is 0 Å². The third-order valence-electron chi connectivity index (χ3n) is 2.47. The average Bonchev–Trinajstić information content (AvgIpc) is 2.34. The average molecular weight is 280 g/mol. The molecule has 0 aromatic heterocycles. The van der Waals surface area contributed by atoms with Crippen LogP contribution in [0, 0.1) is 5.92 Å². The SMILES string of the molecule is CC(C)[C@H](OC(=O)c1ccccc1O)C(=O)NC(N)=O. The van der Waals surface area contributed by atoms with Gasteiger partial charge in [-0.1, -0.05) is 26.0 Å². The van der Waals surface area contributed by atoms with Crippen LogP contribution in [0.3, 0.4) is 0 Å². The summed E-state index contributed by atoms with van der Waals surface area (Å²) in [5.41, 5.74) is 4.78. The minimum absolute atomic E-state index is 0.0648. The molecule has 1 atom stereocenters. The van der Waals surface area contributed by atoms with E-state index in [1.807, 2.05) is 5.32 Å². The smallest absolute Gasteiger partial charge is 0.342 e. The molecule has 0 spiro atoms. The lowest BCUT2D eigenvalue weighted by Gasteiger charge is -2.20. The Kier molecular flexibility index (Phi) is 5.08. The number of phenols is 1. The number of hydrogen-bond acceptors (Lipinski definition) is 5. The standard InChI is InChI=1S/C13H16N2O5/c1-7(2)10(11(17)15-13(14)19)20-12(18)8-5-3-4-6-9(8)16/h3-7,10,16H,1-2H3,(H3,14,15,17,19)/t10-/m0/s1. The molecule has 0 aliphatic carbocycles. The number of rotatable bonds is 4. The van der Waals surface area contributed by atoms with Gasteiger partial charge in [-0.25, -0.2) is 9.59 Å². The lowest BCUT2D eigenvalue weighted by atomic mass is 10.1. The van der Waals surface area contributed by atoms with Crippen LogP contribution in [0.5, 0.6) is 5.75 Å². The maximum Gasteiger partial charge on any atom is 0.342 e. The number of ether oxygens (including phenoxy) is 1. The Bertz CT molecular complexity index is 527. The second kappa shape index (κ2) is 6.55. The zero-order chi connectivity index (χ0) is 15.3. The van der Waals surface area contributed by atoms with Crippen molar-refractivity contribution < 1.29 is 24.2 Å². The molecule has 3 amide bonds. The van der Waals surface area contributed by atoms with Gasteiger partial charge in [0, 0.05) is 0 Å². The molecule has 0 saturated carbocycles. The van der Waals surface area contributed by atoms with Gasteiger partial charge >= 0.3 is 12.0 Å². The van der Waals surface area contributed by atoms with Crippen LogP contribution in [0.15, 0.2) is 24.3 Å². The Morgan fingerprint density at radius 3 is 2.35 bits per heavy atom. The highest BCUT2D eigenvalue weighted by atomic mass is 16.5. The van der Waals surface area contributed by atoms with Gasteiger partial charge in [-0.05, 0) is 18.1 Å². The number of urea groups is 1. The first-order valence-corrected chi connectivity index (χ1v) is 5.92. The van der Waals surface area contributed by atoms with Crippen LogP contribution >= 0.6 is 0 Å². The van der Waals surface area contributed by atoms with E-state index in [4.69, 9.17) is 10.5 Å². The molecular formula is C13H16N2O5. The van der Waals surface area contributed by atoms with Gasteiger partial charge < -0.3 is 15.6 Å². The third kappa shape index (κ3) is 3.98. The fourth-order valence-electron chi connectivity index (χ4n) is 1.51. The molecule has 20 heavy (non-hydrogen) atoms. The molecule has 7 nitrogen and oxygen atoms in total. The molecule has 0 heterocycles. The summed E-state index contributed by atoms with van der Waals surface area (Å²) < 4.78 is 5.02. The number of carbonyl (C=O) groups is 3. The van der Waals surface area contributed by atoms with Crippen molar-refractivity contribution in [1.29, 1.82) is 0 Å². The molecule has 0 unspecified atom stereocenters. The number of amides is 3. The zero-order valence-electron chi connectivity index (χ0n) is 11.1. The summed E-state index contributed by atoms with van der Waals surface area (Å²) in [6.07, 6.45) is -1.19. The maximum absolute atomic E-state index is 11.9. The highest BCUT2D eigenvalue weighted by Crippen LogP contribution is 2.19. The van der Waals surface area contributed by atoms with E-state index in [0.29, 0.717) is 0 Å². The first-order valence-electron chi connectivity index (χ1n) is 5.92. The van der Waals surface area contributed by atoms with Gasteiger partial charge in [0.05, 0.1) is 0 Å². The monoisotopic (exact) mass is 280 g/mol. The molecule has 0 fully saturated rings. The second-order valence-corrected chi connectivity index (χ2v) is 4.44. The van der Waals surface area contributed by atoms with Crippen molar-refractivity contribution in [1.82, 2.24) is 5.32 Å². The number of para-hydroxylation sites is 1. The van der Waals surface area contributed by atoms with Crippen molar-refractivity contribution in [2.24, 2.45) is 11.7 Å². The molecule has 0 aliphatic heterocycles. The number of nitrogens with one attached hydrogen (secondary N) is 1. The zero-order valence-corrected chi connectivity index (χ0v) is 11.1. The number of hydrogen-bond donors (Lipinski definition) is 3. The molecular weight excluding hydrogens is 264 g/mol. The summed E-state index contributed by atoms with van der Waals surface area (Å²) in [6.45, 7) is 3.28. The third-order valence-corrected chi connectivity index (χ3v) is 2.47. The lowest BCUT2D eigenvalue weighted by molar-refractivity contribution is -0.130. The molecule has 7 heteroatoms. The first-order chi connectivity index (χ1) is 9.32. The highest BCUT2D eigenvalue weighted by Gasteiger charge is 2.28. The second-order valence-electron chi connectivity index (χ2n) is 4.44. The van der Waals surface area contributed by atoms with Crippen LogP contribution in [0.4, 0.5) is 4.79 Å². The number of aromatic hydroxyl groups is 1. The molecule has 108 valence electrons. The van der Waals surface area contributed by atoms with Gasteiger partial charge in [-0.15, -0.1) is 0 Å². The van der Waals surface area contributed by atoms with Crippen molar-refractivity contribution in [3.8, 4) is 5.75 Å². The number of esters is 1. The van der Waals surface area contributed by atoms with E-state index in [1.54, 1.807) is 26.0 Å². The number of nitrogens with two attached hydrogens (primary N) is 1. The summed E-state index contributed by atoms with van der Waals surface area (Å²) in [7, 11) is 0. The predicted octanol–water partition coefficient (Wildman–Crippen LogP) is 0.769. The molecule has 0 saturated heterocycles. The minimum Gasteiger partial charge on any atom is -0.507 e. The molecule has 0 aliphatic rings. The summed E-state index contributed by atoms with van der Waals surface area (Å²) in [6, 6.07) is 4.75. The Labute approximate surface area is 115 Å². The van der Waals surface area contributed by atoms with Crippen LogP contribution in [0.25, 0.3) is 0 Å². The van der Waals surface area contributed by atoms with E-state index in [0.717, 1.165) is 0 Å². The topological polar surface area (TPSA) is 119 Å². The van der Waals surface area contributed by atoms with E-state index in [-0.39, 0.29) is 17.2 Å². The quantitative estimate of drug-likeness (QED) is 0.704. The fourth-order valence-corrected chi connectivity index (χ4v) is 1.51. The van der Waals surface area contributed by atoms with Gasteiger partial charge in [0.15, 0.2) is 6.10 Å². The van der Waals surface area contributed by atoms with Crippen molar-refractivity contribution in [2.45, 2.75) is 20.0 Å². The highest BCUT2D eigenvalue weighted by molar-refractivity contribution is 5.99. The molecule has 0 radical (unpaired) electrons. The van der Waals surface area contributed by atoms with Gasteiger partial charge in [-0.3, -0.25) is 10.1 Å². The summed E-state index contributed by atoms with van der Waals surface area (Å²) >= 11 is 0. The first kappa shape index (κ1) is 15.5. The fraction of sp³-hybridized carbons (Fsp3) is 0.308. The van der Waals surface area contributed by atoms with Crippen molar-refractivity contribution in [3.05, 3.63) is 29.8 Å². The van der Waals surface area contributed by atoms with Gasteiger partial charge in [0.2, 0.25) is 0 Å². The van der Waals surface area contributed by atoms with Crippen molar-refractivity contribution >= 4 is 17.9 Å². The van der Waals surface area contributed by atoms with Crippen LogP contribution in [0.2, 0.25) is 0 Å². The molecule has 4 N–H and O–H groups in total. The molecule has 1 rings (SSSR count). The molecule has 1 aromatic rings. The van der Waals surface area contributed by atoms with E-state index in [1.165, 1.54) is 12.1 Å². The Morgan fingerprint density at radius 2 is 1.85 bits per heavy atom. The van der Waals surface area contributed by atoms with Crippen LogP contribution in [0.1, 0.15) is 24.2 Å². The maximum atomic E-state index is 11.9. The number of primary amides is 1. The Morgan fingerprint density at radius 1 is 1.25 bits per heavy atom. The molecule has 0 bridgehead atoms. The summed E-state index contributed by atoms with van der Waals surface area (Å²) in [5, 5.41) is 11.4. The Hall–Kier alpha value is -2.57.